The van der Waals surface area contributed by atoms with Crippen molar-refractivity contribution in [3.8, 4) is 5.75 Å². The Morgan fingerprint density at radius 3 is 2.48 bits per heavy atom. The van der Waals surface area contributed by atoms with E-state index in [1.807, 2.05) is 18.2 Å². The van der Waals surface area contributed by atoms with Gasteiger partial charge in [0.05, 0.1) is 0 Å². The molecular weight excluding hydrogens is 361 g/mol. The van der Waals surface area contributed by atoms with Gasteiger partial charge in [-0.2, -0.15) is 0 Å². The van der Waals surface area contributed by atoms with Crippen LogP contribution in [0, 0.1) is 19.7 Å². The fourth-order valence-corrected chi connectivity index (χ4v) is 3.49. The summed E-state index contributed by atoms with van der Waals surface area (Å²) in [6.45, 7) is 5.26. The molecule has 0 bridgehead atoms. The van der Waals surface area contributed by atoms with Crippen molar-refractivity contribution in [2.24, 2.45) is 0 Å². The van der Waals surface area contributed by atoms with Crippen LogP contribution in [0.1, 0.15) is 22.3 Å². The minimum Gasteiger partial charge on any atom is -0.489 e. The average Bonchev–Trinajstić information content (AvgIpc) is 2.74. The molecule has 0 saturated heterocycles. The molecule has 146 valence electrons. The van der Waals surface area contributed by atoms with Gasteiger partial charge in [-0.3, -0.25) is 0 Å². The van der Waals surface area contributed by atoms with Gasteiger partial charge < -0.3 is 10.1 Å². The maximum absolute atomic E-state index is 13.2. The molecule has 0 spiro atoms. The largest absolute Gasteiger partial charge is 0.489 e. The van der Waals surface area contributed by atoms with E-state index in [9.17, 15) is 4.39 Å². The van der Waals surface area contributed by atoms with E-state index >= 15 is 0 Å². The van der Waals surface area contributed by atoms with Gasteiger partial charge in [0.15, 0.2) is 0 Å². The lowest BCUT2D eigenvalue weighted by molar-refractivity contribution is 0.303. The zero-order valence-corrected chi connectivity index (χ0v) is 16.7. The van der Waals surface area contributed by atoms with Crippen LogP contribution in [0.15, 0.2) is 78.9 Å². The SMILES string of the molecule is Cc1ccc(C)c(NCc2c(OCc3ccc(F)cc3)ccc3ccccc23)c1. The second-order valence-corrected chi connectivity index (χ2v) is 7.35. The minimum absolute atomic E-state index is 0.238. The van der Waals surface area contributed by atoms with Crippen LogP contribution in [0.2, 0.25) is 0 Å². The fraction of sp³-hybridized carbons (Fsp3) is 0.154. The Kier molecular flexibility index (Phi) is 5.48. The highest BCUT2D eigenvalue weighted by molar-refractivity contribution is 5.88. The van der Waals surface area contributed by atoms with Gasteiger partial charge in [-0.1, -0.05) is 54.6 Å². The van der Waals surface area contributed by atoms with Crippen molar-refractivity contribution < 1.29 is 9.13 Å². The van der Waals surface area contributed by atoms with Crippen LogP contribution in [0.3, 0.4) is 0 Å². The second-order valence-electron chi connectivity index (χ2n) is 7.35. The van der Waals surface area contributed by atoms with E-state index in [4.69, 9.17) is 4.74 Å². The Labute approximate surface area is 171 Å². The van der Waals surface area contributed by atoms with Crippen molar-refractivity contribution >= 4 is 16.5 Å². The summed E-state index contributed by atoms with van der Waals surface area (Å²) in [7, 11) is 0. The number of anilines is 1. The first-order chi connectivity index (χ1) is 14.1. The minimum atomic E-state index is -0.238. The summed E-state index contributed by atoms with van der Waals surface area (Å²) in [6.07, 6.45) is 0. The molecule has 3 heteroatoms. The van der Waals surface area contributed by atoms with Crippen LogP contribution in [0.5, 0.6) is 5.75 Å². The predicted octanol–water partition coefficient (Wildman–Crippen LogP) is 6.79. The quantitative estimate of drug-likeness (QED) is 0.395. The normalized spacial score (nSPS) is 10.9. The molecule has 4 aromatic rings. The molecule has 1 N–H and O–H groups in total. The second kappa shape index (κ2) is 8.36. The van der Waals surface area contributed by atoms with E-state index in [2.05, 4.69) is 55.6 Å². The van der Waals surface area contributed by atoms with E-state index in [0.29, 0.717) is 13.2 Å². The van der Waals surface area contributed by atoms with Gasteiger partial charge in [0.25, 0.3) is 0 Å². The third-order valence-corrected chi connectivity index (χ3v) is 5.15. The highest BCUT2D eigenvalue weighted by atomic mass is 19.1. The molecule has 0 aliphatic carbocycles. The Bertz CT molecular complexity index is 1140. The first kappa shape index (κ1) is 19.0. The molecule has 4 aromatic carbocycles. The zero-order chi connectivity index (χ0) is 20.2. The van der Waals surface area contributed by atoms with E-state index in [1.165, 1.54) is 34.0 Å². The lowest BCUT2D eigenvalue weighted by Crippen LogP contribution is -2.06. The highest BCUT2D eigenvalue weighted by Gasteiger charge is 2.10. The molecule has 4 rings (SSSR count). The van der Waals surface area contributed by atoms with Crippen LogP contribution in [0.4, 0.5) is 10.1 Å². The number of halogens is 1. The first-order valence-corrected chi connectivity index (χ1v) is 9.79. The number of fused-ring (bicyclic) bond motifs is 1. The summed E-state index contributed by atoms with van der Waals surface area (Å²) >= 11 is 0. The molecule has 0 heterocycles. The number of nitrogens with one attached hydrogen (secondary N) is 1. The lowest BCUT2D eigenvalue weighted by atomic mass is 10.0. The number of hydrogen-bond acceptors (Lipinski definition) is 2. The van der Waals surface area contributed by atoms with Crippen molar-refractivity contribution in [3.05, 3.63) is 107 Å². The van der Waals surface area contributed by atoms with Gasteiger partial charge in [0, 0.05) is 17.8 Å². The maximum atomic E-state index is 13.2. The van der Waals surface area contributed by atoms with Gasteiger partial charge in [-0.25, -0.2) is 4.39 Å². The van der Waals surface area contributed by atoms with Crippen LogP contribution in [0.25, 0.3) is 10.8 Å². The summed E-state index contributed by atoms with van der Waals surface area (Å²) in [4.78, 5) is 0. The molecule has 0 saturated carbocycles. The first-order valence-electron chi connectivity index (χ1n) is 9.79. The third kappa shape index (κ3) is 4.40. The highest BCUT2D eigenvalue weighted by Crippen LogP contribution is 2.30. The van der Waals surface area contributed by atoms with E-state index in [1.54, 1.807) is 12.1 Å². The molecule has 0 aliphatic heterocycles. The van der Waals surface area contributed by atoms with Gasteiger partial charge in [-0.05, 0) is 65.6 Å². The van der Waals surface area contributed by atoms with Gasteiger partial charge in [0.1, 0.15) is 18.2 Å². The Morgan fingerprint density at radius 2 is 1.66 bits per heavy atom. The molecule has 2 nitrogen and oxygen atoms in total. The molecule has 0 aliphatic rings. The number of ether oxygens (including phenoxy) is 1. The zero-order valence-electron chi connectivity index (χ0n) is 16.7. The predicted molar refractivity (Wildman–Crippen MR) is 118 cm³/mol. The fourth-order valence-electron chi connectivity index (χ4n) is 3.49. The Morgan fingerprint density at radius 1 is 0.862 bits per heavy atom. The number of benzene rings is 4. The Balaban J connectivity index is 1.63. The summed E-state index contributed by atoms with van der Waals surface area (Å²) < 4.78 is 19.3. The van der Waals surface area contributed by atoms with E-state index < -0.39 is 0 Å². The summed E-state index contributed by atoms with van der Waals surface area (Å²) in [5.41, 5.74) is 5.62. The number of hydrogen-bond donors (Lipinski definition) is 1. The maximum Gasteiger partial charge on any atom is 0.125 e. The topological polar surface area (TPSA) is 21.3 Å². The molecule has 0 atom stereocenters. The van der Waals surface area contributed by atoms with Crippen LogP contribution >= 0.6 is 0 Å². The van der Waals surface area contributed by atoms with E-state index in [-0.39, 0.29) is 5.82 Å². The van der Waals surface area contributed by atoms with Gasteiger partial charge in [-0.15, -0.1) is 0 Å². The van der Waals surface area contributed by atoms with Crippen molar-refractivity contribution in [1.29, 1.82) is 0 Å². The Hall–Kier alpha value is -3.33. The van der Waals surface area contributed by atoms with Crippen LogP contribution in [-0.2, 0) is 13.2 Å². The monoisotopic (exact) mass is 385 g/mol. The van der Waals surface area contributed by atoms with Gasteiger partial charge >= 0.3 is 0 Å². The van der Waals surface area contributed by atoms with Crippen molar-refractivity contribution in [1.82, 2.24) is 0 Å². The lowest BCUT2D eigenvalue weighted by Gasteiger charge is -2.17. The van der Waals surface area contributed by atoms with Crippen molar-refractivity contribution in [2.45, 2.75) is 27.0 Å². The third-order valence-electron chi connectivity index (χ3n) is 5.15. The summed E-state index contributed by atoms with van der Waals surface area (Å²) in [5, 5.41) is 5.93. The van der Waals surface area contributed by atoms with E-state index in [0.717, 1.165) is 22.6 Å². The smallest absolute Gasteiger partial charge is 0.125 e. The van der Waals surface area contributed by atoms with Gasteiger partial charge in [0.2, 0.25) is 0 Å². The van der Waals surface area contributed by atoms with Crippen LogP contribution in [-0.4, -0.2) is 0 Å². The molecule has 0 unspecified atom stereocenters. The molecule has 29 heavy (non-hydrogen) atoms. The van der Waals surface area contributed by atoms with Crippen molar-refractivity contribution in [3.63, 3.8) is 0 Å². The average molecular weight is 385 g/mol. The summed E-state index contributed by atoms with van der Waals surface area (Å²) in [5.74, 6) is 0.601. The number of rotatable bonds is 6. The molecule has 0 aromatic heterocycles. The number of aryl methyl sites for hydroxylation is 2. The standard InChI is InChI=1S/C26H24FNO/c1-18-7-8-19(2)25(15-18)28-16-24-23-6-4-3-5-21(23)11-14-26(24)29-17-20-9-12-22(27)13-10-20/h3-15,28H,16-17H2,1-2H3. The van der Waals surface area contributed by atoms with Crippen molar-refractivity contribution in [2.75, 3.05) is 5.32 Å². The molecule has 0 radical (unpaired) electrons. The molecular formula is C26H24FNO. The molecule has 0 amide bonds. The molecule has 0 fully saturated rings. The summed E-state index contributed by atoms with van der Waals surface area (Å²) in [6, 6.07) is 25.3. The van der Waals surface area contributed by atoms with Crippen LogP contribution < -0.4 is 10.1 Å².